The highest BCUT2D eigenvalue weighted by Gasteiger charge is 2.76. The molecule has 0 bridgehead atoms. The van der Waals surface area contributed by atoms with E-state index in [0.29, 0.717) is 6.42 Å². The number of hydrogen-bond donors (Lipinski definition) is 1. The van der Waals surface area contributed by atoms with Crippen molar-refractivity contribution in [2.24, 2.45) is 5.41 Å². The molecule has 0 aromatic carbocycles. The predicted molar refractivity (Wildman–Crippen MR) is 60.6 cm³/mol. The molecule has 16 heavy (non-hydrogen) atoms. The van der Waals surface area contributed by atoms with Gasteiger partial charge in [0.05, 0.1) is 12.2 Å². The quantitative estimate of drug-likeness (QED) is 0.545. The molecule has 3 atom stereocenters. The highest BCUT2D eigenvalue weighted by molar-refractivity contribution is 5.40. The number of allylic oxidation sites excluding steroid dienone is 1. The van der Waals surface area contributed by atoms with E-state index in [4.69, 9.17) is 10.00 Å². The zero-order valence-electron chi connectivity index (χ0n) is 10.4. The molecule has 2 rings (SSSR count). The van der Waals surface area contributed by atoms with Crippen LogP contribution in [0.5, 0.6) is 0 Å². The molecule has 88 valence electrons. The summed E-state index contributed by atoms with van der Waals surface area (Å²) < 4.78 is 5.97. The molecule has 1 saturated heterocycles. The van der Waals surface area contributed by atoms with Crippen LogP contribution in [0.25, 0.3) is 0 Å². The van der Waals surface area contributed by atoms with Crippen LogP contribution in [0.15, 0.2) is 11.6 Å². The van der Waals surface area contributed by atoms with Gasteiger partial charge in [0.15, 0.2) is 0 Å². The number of fused-ring (bicyclic) bond motifs is 1. The minimum absolute atomic E-state index is 0.128. The molecule has 1 heterocycles. The Morgan fingerprint density at radius 1 is 1.44 bits per heavy atom. The molecule has 0 unspecified atom stereocenters. The van der Waals surface area contributed by atoms with Gasteiger partial charge in [0.1, 0.15) is 11.2 Å². The smallest absolute Gasteiger partial charge is 0.125 e. The Hall–Kier alpha value is -0.850. The maximum atomic E-state index is 9.87. The molecule has 0 spiro atoms. The van der Waals surface area contributed by atoms with Crippen LogP contribution < -0.4 is 0 Å². The summed E-state index contributed by atoms with van der Waals surface area (Å²) in [6, 6.07) is 2.08. The van der Waals surface area contributed by atoms with E-state index in [1.54, 1.807) is 6.08 Å². The molecule has 1 aliphatic carbocycles. The minimum atomic E-state index is -0.352. The summed E-state index contributed by atoms with van der Waals surface area (Å²) in [5.74, 6) is 0. The fourth-order valence-electron chi connectivity index (χ4n) is 3.84. The van der Waals surface area contributed by atoms with Crippen molar-refractivity contribution < 1.29 is 9.84 Å². The fourth-order valence-corrected chi connectivity index (χ4v) is 3.84. The molecule has 2 fully saturated rings. The fraction of sp³-hybridized carbons (Fsp3) is 0.769. The average Bonchev–Trinajstić information content (AvgIpc) is 2.72. The van der Waals surface area contributed by atoms with Crippen LogP contribution in [0, 0.1) is 16.7 Å². The van der Waals surface area contributed by atoms with Gasteiger partial charge < -0.3 is 9.84 Å². The van der Waals surface area contributed by atoms with Gasteiger partial charge >= 0.3 is 0 Å². The van der Waals surface area contributed by atoms with Gasteiger partial charge in [-0.3, -0.25) is 0 Å². The van der Waals surface area contributed by atoms with Crippen LogP contribution >= 0.6 is 0 Å². The summed E-state index contributed by atoms with van der Waals surface area (Å²) in [6.07, 6.45) is 2.65. The summed E-state index contributed by atoms with van der Waals surface area (Å²) >= 11 is 0. The minimum Gasteiger partial charge on any atom is -0.393 e. The topological polar surface area (TPSA) is 56.5 Å². The third kappa shape index (κ3) is 1.20. The molecule has 0 aromatic rings. The Labute approximate surface area is 96.7 Å². The molecule has 1 N–H and O–H groups in total. The van der Waals surface area contributed by atoms with Crippen LogP contribution in [0.3, 0.4) is 0 Å². The number of aliphatic hydroxyl groups excluding tert-OH is 1. The average molecular weight is 221 g/mol. The first-order valence-corrected chi connectivity index (χ1v) is 5.74. The molecule has 0 radical (unpaired) electrons. The van der Waals surface area contributed by atoms with E-state index >= 15 is 0 Å². The first-order chi connectivity index (χ1) is 7.29. The lowest BCUT2D eigenvalue weighted by Crippen LogP contribution is -2.47. The lowest BCUT2D eigenvalue weighted by Gasteiger charge is -2.40. The highest BCUT2D eigenvalue weighted by atomic mass is 16.6. The molecular weight excluding hydrogens is 202 g/mol. The molecule has 1 saturated carbocycles. The normalized spacial score (nSPS) is 45.8. The van der Waals surface area contributed by atoms with Gasteiger partial charge in [-0.05, 0) is 25.8 Å². The Balaban J connectivity index is 2.43. The first kappa shape index (κ1) is 11.6. The number of hydrogen-bond acceptors (Lipinski definition) is 3. The molecule has 2 aliphatic rings. The summed E-state index contributed by atoms with van der Waals surface area (Å²) in [5.41, 5.74) is 0.201. The maximum Gasteiger partial charge on any atom is 0.125 e. The SMILES string of the molecule is C/C(=C\C#N)[C@]12O[C@]1(C)C[C@@H](O)CC2(C)C. The van der Waals surface area contributed by atoms with E-state index in [2.05, 4.69) is 19.9 Å². The van der Waals surface area contributed by atoms with Gasteiger partial charge in [-0.2, -0.15) is 5.26 Å². The van der Waals surface area contributed by atoms with Crippen molar-refractivity contribution in [3.05, 3.63) is 11.6 Å². The third-order valence-electron chi connectivity index (χ3n) is 4.24. The zero-order chi connectivity index (χ0) is 12.2. The lowest BCUT2D eigenvalue weighted by molar-refractivity contribution is 0.0480. The van der Waals surface area contributed by atoms with Crippen LogP contribution in [-0.2, 0) is 4.74 Å². The van der Waals surface area contributed by atoms with E-state index in [0.717, 1.165) is 12.0 Å². The maximum absolute atomic E-state index is 9.87. The van der Waals surface area contributed by atoms with E-state index < -0.39 is 0 Å². The van der Waals surface area contributed by atoms with Gasteiger partial charge in [-0.25, -0.2) is 0 Å². The molecule has 1 aliphatic heterocycles. The Morgan fingerprint density at radius 2 is 2.06 bits per heavy atom. The van der Waals surface area contributed by atoms with Gasteiger partial charge in [0.25, 0.3) is 0 Å². The van der Waals surface area contributed by atoms with E-state index in [9.17, 15) is 5.11 Å². The second-order valence-corrected chi connectivity index (χ2v) is 5.92. The summed E-state index contributed by atoms with van der Waals surface area (Å²) in [7, 11) is 0. The van der Waals surface area contributed by atoms with E-state index in [1.165, 1.54) is 0 Å². The predicted octanol–water partition coefficient (Wildman–Crippen LogP) is 2.16. The van der Waals surface area contributed by atoms with Crippen molar-refractivity contribution in [3.63, 3.8) is 0 Å². The second-order valence-electron chi connectivity index (χ2n) is 5.92. The highest BCUT2D eigenvalue weighted by Crippen LogP contribution is 2.68. The molecule has 0 aromatic heterocycles. The number of epoxide rings is 1. The number of nitrogens with zero attached hydrogens (tertiary/aromatic N) is 1. The van der Waals surface area contributed by atoms with Crippen molar-refractivity contribution in [1.29, 1.82) is 5.26 Å². The second kappa shape index (κ2) is 3.09. The van der Waals surface area contributed by atoms with Crippen LogP contribution in [0.2, 0.25) is 0 Å². The monoisotopic (exact) mass is 221 g/mol. The van der Waals surface area contributed by atoms with Gasteiger partial charge in [-0.1, -0.05) is 13.8 Å². The molecule has 3 heteroatoms. The van der Waals surface area contributed by atoms with E-state index in [-0.39, 0.29) is 22.7 Å². The number of rotatable bonds is 1. The number of ether oxygens (including phenoxy) is 1. The van der Waals surface area contributed by atoms with Crippen molar-refractivity contribution in [3.8, 4) is 6.07 Å². The van der Waals surface area contributed by atoms with Gasteiger partial charge in [-0.15, -0.1) is 0 Å². The standard InChI is InChI=1S/C13H19NO2/c1-9(5-6-14)13-11(2,3)7-10(15)8-12(13,4)16-13/h5,10,15H,7-8H2,1-4H3/b9-5+/t10-,12+,13+/m0/s1. The van der Waals surface area contributed by atoms with E-state index in [1.807, 2.05) is 13.8 Å². The zero-order valence-corrected chi connectivity index (χ0v) is 10.4. The summed E-state index contributed by atoms with van der Waals surface area (Å²) in [5, 5.41) is 18.6. The van der Waals surface area contributed by atoms with Crippen LogP contribution in [0.4, 0.5) is 0 Å². The molecule has 3 nitrogen and oxygen atoms in total. The Kier molecular flexibility index (Phi) is 2.24. The Bertz CT molecular complexity index is 393. The van der Waals surface area contributed by atoms with Crippen molar-refractivity contribution >= 4 is 0 Å². The van der Waals surface area contributed by atoms with Gasteiger partial charge in [0.2, 0.25) is 0 Å². The number of aliphatic hydroxyl groups is 1. The third-order valence-corrected chi connectivity index (χ3v) is 4.24. The van der Waals surface area contributed by atoms with Crippen molar-refractivity contribution in [2.75, 3.05) is 0 Å². The molecule has 0 amide bonds. The lowest BCUT2D eigenvalue weighted by atomic mass is 9.60. The number of nitriles is 1. The van der Waals surface area contributed by atoms with Crippen LogP contribution in [0.1, 0.15) is 40.5 Å². The van der Waals surface area contributed by atoms with Gasteiger partial charge in [0, 0.05) is 17.9 Å². The molecular formula is C13H19NO2. The van der Waals surface area contributed by atoms with Crippen molar-refractivity contribution in [2.45, 2.75) is 57.8 Å². The first-order valence-electron chi connectivity index (χ1n) is 5.74. The van der Waals surface area contributed by atoms with Crippen molar-refractivity contribution in [1.82, 2.24) is 0 Å². The summed E-state index contributed by atoms with van der Waals surface area (Å²) in [6.45, 7) is 8.20. The largest absolute Gasteiger partial charge is 0.393 e. The van der Waals surface area contributed by atoms with Crippen LogP contribution in [-0.4, -0.2) is 22.4 Å². The Morgan fingerprint density at radius 3 is 2.56 bits per heavy atom. The summed E-state index contributed by atoms with van der Waals surface area (Å²) in [4.78, 5) is 0.